The van der Waals surface area contributed by atoms with E-state index in [1.54, 1.807) is 0 Å². The van der Waals surface area contributed by atoms with Gasteiger partial charge in [0, 0.05) is 6.04 Å². The number of unbranched alkanes of at least 4 members (excludes halogenated alkanes) is 1. The molecule has 2 atom stereocenters. The summed E-state index contributed by atoms with van der Waals surface area (Å²) >= 11 is 0. The van der Waals surface area contributed by atoms with Crippen molar-refractivity contribution in [3.63, 3.8) is 0 Å². The minimum atomic E-state index is -0.439. The molecule has 0 aliphatic carbocycles. The van der Waals surface area contributed by atoms with Gasteiger partial charge in [0.05, 0.1) is 6.10 Å². The van der Waals surface area contributed by atoms with Crippen molar-refractivity contribution < 1.29 is 5.11 Å². The molecule has 1 aromatic rings. The van der Waals surface area contributed by atoms with Crippen LogP contribution >= 0.6 is 0 Å². The van der Waals surface area contributed by atoms with Crippen molar-refractivity contribution in [1.29, 1.82) is 0 Å². The summed E-state index contributed by atoms with van der Waals surface area (Å²) in [6, 6.07) is 8.42. The number of rotatable bonds is 6. The average Bonchev–Trinajstić information content (AvgIpc) is 2.37. The summed E-state index contributed by atoms with van der Waals surface area (Å²) in [4.78, 5) is 0. The second-order valence-corrected chi connectivity index (χ2v) is 6.41. The fraction of sp³-hybridized carbons (Fsp3) is 0.647. The van der Waals surface area contributed by atoms with Crippen molar-refractivity contribution in [3.05, 3.63) is 35.4 Å². The Kier molecular flexibility index (Phi) is 6.02. The Morgan fingerprint density at radius 1 is 1.16 bits per heavy atom. The molecule has 1 aromatic carbocycles. The smallest absolute Gasteiger partial charge is 0.0940 e. The Labute approximate surface area is 118 Å². The van der Waals surface area contributed by atoms with Gasteiger partial charge in [0.2, 0.25) is 0 Å². The van der Waals surface area contributed by atoms with Gasteiger partial charge in [-0.1, -0.05) is 58.4 Å². The standard InChI is InChI=1S/C17H29NO/c1-6-7-12-18-13(2)16(19)14-8-10-15(11-9-14)17(3,4)5/h8-11,13,16,18-19H,6-7,12H2,1-5H3. The Hall–Kier alpha value is -0.860. The largest absolute Gasteiger partial charge is 0.387 e. The van der Waals surface area contributed by atoms with E-state index < -0.39 is 6.10 Å². The summed E-state index contributed by atoms with van der Waals surface area (Å²) in [5, 5.41) is 13.7. The monoisotopic (exact) mass is 263 g/mol. The molecule has 0 bridgehead atoms. The van der Waals surface area contributed by atoms with Crippen LogP contribution in [0.25, 0.3) is 0 Å². The predicted molar refractivity (Wildman–Crippen MR) is 82.5 cm³/mol. The molecule has 0 amide bonds. The highest BCUT2D eigenvalue weighted by Gasteiger charge is 2.17. The molecular weight excluding hydrogens is 234 g/mol. The van der Waals surface area contributed by atoms with Gasteiger partial charge in [-0.2, -0.15) is 0 Å². The highest BCUT2D eigenvalue weighted by Crippen LogP contribution is 2.24. The highest BCUT2D eigenvalue weighted by molar-refractivity contribution is 5.29. The van der Waals surface area contributed by atoms with Crippen LogP contribution < -0.4 is 5.32 Å². The second-order valence-electron chi connectivity index (χ2n) is 6.41. The molecule has 0 radical (unpaired) electrons. The van der Waals surface area contributed by atoms with Crippen molar-refractivity contribution in [1.82, 2.24) is 5.32 Å². The maximum absolute atomic E-state index is 10.3. The minimum Gasteiger partial charge on any atom is -0.387 e. The Morgan fingerprint density at radius 2 is 1.74 bits per heavy atom. The van der Waals surface area contributed by atoms with Crippen molar-refractivity contribution in [2.75, 3.05) is 6.54 Å². The van der Waals surface area contributed by atoms with Gasteiger partial charge in [-0.25, -0.2) is 0 Å². The number of nitrogens with one attached hydrogen (secondary N) is 1. The third-order valence-electron chi connectivity index (χ3n) is 3.59. The lowest BCUT2D eigenvalue weighted by Gasteiger charge is -2.23. The zero-order valence-electron chi connectivity index (χ0n) is 13.0. The van der Waals surface area contributed by atoms with Crippen molar-refractivity contribution in [3.8, 4) is 0 Å². The van der Waals surface area contributed by atoms with Crippen LogP contribution in [0.1, 0.15) is 64.7 Å². The molecule has 0 aliphatic rings. The maximum Gasteiger partial charge on any atom is 0.0940 e. The SMILES string of the molecule is CCCCNC(C)C(O)c1ccc(C(C)(C)C)cc1. The summed E-state index contributed by atoms with van der Waals surface area (Å²) in [6.07, 6.45) is 1.89. The van der Waals surface area contributed by atoms with E-state index in [-0.39, 0.29) is 11.5 Å². The number of benzene rings is 1. The minimum absolute atomic E-state index is 0.0898. The van der Waals surface area contributed by atoms with Gasteiger partial charge in [0.15, 0.2) is 0 Å². The lowest BCUT2D eigenvalue weighted by atomic mass is 9.86. The first-order valence-electron chi connectivity index (χ1n) is 7.38. The van der Waals surface area contributed by atoms with Crippen molar-refractivity contribution >= 4 is 0 Å². The molecule has 0 aliphatic heterocycles. The first-order chi connectivity index (χ1) is 8.86. The molecule has 1 rings (SSSR count). The predicted octanol–water partition coefficient (Wildman–Crippen LogP) is 3.80. The van der Waals surface area contributed by atoms with Crippen molar-refractivity contribution in [2.45, 2.75) is 65.0 Å². The number of hydrogen-bond acceptors (Lipinski definition) is 2. The number of hydrogen-bond donors (Lipinski definition) is 2. The molecule has 2 heteroatoms. The summed E-state index contributed by atoms with van der Waals surface area (Å²) in [5.41, 5.74) is 2.45. The maximum atomic E-state index is 10.3. The zero-order valence-corrected chi connectivity index (χ0v) is 13.0. The molecule has 0 saturated heterocycles. The quantitative estimate of drug-likeness (QED) is 0.765. The molecule has 0 spiro atoms. The van der Waals surface area contributed by atoms with Crippen LogP contribution in [0, 0.1) is 0 Å². The molecule has 108 valence electrons. The average molecular weight is 263 g/mol. The third-order valence-corrected chi connectivity index (χ3v) is 3.59. The van der Waals surface area contributed by atoms with Crippen LogP contribution in [0.5, 0.6) is 0 Å². The molecule has 19 heavy (non-hydrogen) atoms. The Morgan fingerprint density at radius 3 is 2.21 bits per heavy atom. The summed E-state index contributed by atoms with van der Waals surface area (Å²) in [5.74, 6) is 0. The van der Waals surface area contributed by atoms with Gasteiger partial charge in [0.25, 0.3) is 0 Å². The van der Waals surface area contributed by atoms with E-state index in [2.05, 4.69) is 45.1 Å². The zero-order chi connectivity index (χ0) is 14.5. The molecule has 0 aromatic heterocycles. The topological polar surface area (TPSA) is 32.3 Å². The van der Waals surface area contributed by atoms with E-state index in [1.807, 2.05) is 19.1 Å². The lowest BCUT2D eigenvalue weighted by Crippen LogP contribution is -2.32. The summed E-state index contributed by atoms with van der Waals surface area (Å²) < 4.78 is 0. The molecule has 0 saturated carbocycles. The number of aliphatic hydroxyl groups is 1. The van der Waals surface area contributed by atoms with Gasteiger partial charge in [0.1, 0.15) is 0 Å². The van der Waals surface area contributed by atoms with E-state index >= 15 is 0 Å². The molecule has 2 unspecified atom stereocenters. The van der Waals surface area contributed by atoms with Crippen LogP contribution in [0.2, 0.25) is 0 Å². The van der Waals surface area contributed by atoms with Gasteiger partial charge in [-0.3, -0.25) is 0 Å². The first-order valence-corrected chi connectivity index (χ1v) is 7.38. The van der Waals surface area contributed by atoms with Crippen LogP contribution in [-0.4, -0.2) is 17.7 Å². The lowest BCUT2D eigenvalue weighted by molar-refractivity contribution is 0.136. The summed E-state index contributed by atoms with van der Waals surface area (Å²) in [6.45, 7) is 11.8. The summed E-state index contributed by atoms with van der Waals surface area (Å²) in [7, 11) is 0. The van der Waals surface area contributed by atoms with E-state index in [0.717, 1.165) is 18.5 Å². The van der Waals surface area contributed by atoms with Crippen LogP contribution in [0.3, 0.4) is 0 Å². The third kappa shape index (κ3) is 4.96. The van der Waals surface area contributed by atoms with Gasteiger partial charge in [-0.05, 0) is 36.4 Å². The first kappa shape index (κ1) is 16.2. The van der Waals surface area contributed by atoms with Crippen LogP contribution in [0.15, 0.2) is 24.3 Å². The second kappa shape index (κ2) is 7.06. The normalized spacial score (nSPS) is 15.3. The molecular formula is C17H29NO. The van der Waals surface area contributed by atoms with E-state index in [9.17, 15) is 5.11 Å². The molecule has 0 fully saturated rings. The fourth-order valence-corrected chi connectivity index (χ4v) is 2.09. The molecule has 2 N–H and O–H groups in total. The van der Waals surface area contributed by atoms with E-state index in [4.69, 9.17) is 0 Å². The van der Waals surface area contributed by atoms with Gasteiger partial charge >= 0.3 is 0 Å². The van der Waals surface area contributed by atoms with E-state index in [0.29, 0.717) is 0 Å². The van der Waals surface area contributed by atoms with Crippen molar-refractivity contribution in [2.24, 2.45) is 0 Å². The van der Waals surface area contributed by atoms with E-state index in [1.165, 1.54) is 12.0 Å². The Balaban J connectivity index is 2.64. The number of aliphatic hydroxyl groups excluding tert-OH is 1. The van der Waals surface area contributed by atoms with Crippen LogP contribution in [-0.2, 0) is 5.41 Å². The van der Waals surface area contributed by atoms with Gasteiger partial charge < -0.3 is 10.4 Å². The molecule has 0 heterocycles. The van der Waals surface area contributed by atoms with Gasteiger partial charge in [-0.15, -0.1) is 0 Å². The fourth-order valence-electron chi connectivity index (χ4n) is 2.09. The Bertz CT molecular complexity index is 364. The van der Waals surface area contributed by atoms with Crippen LogP contribution in [0.4, 0.5) is 0 Å². The molecule has 2 nitrogen and oxygen atoms in total. The highest BCUT2D eigenvalue weighted by atomic mass is 16.3.